The number of nitrogens with one attached hydrogen (secondary N) is 1. The maximum atomic E-state index is 13.8. The van der Waals surface area contributed by atoms with Crippen molar-refractivity contribution >= 4 is 11.8 Å². The highest BCUT2D eigenvalue weighted by Crippen LogP contribution is 2.51. The average molecular weight is 447 g/mol. The molecule has 1 aromatic heterocycles. The average Bonchev–Trinajstić information content (AvgIpc) is 3.41. The summed E-state index contributed by atoms with van der Waals surface area (Å²) in [6.45, 7) is 2.45. The van der Waals surface area contributed by atoms with Gasteiger partial charge >= 0.3 is 0 Å². The largest absolute Gasteiger partial charge is 0.503 e. The predicted molar refractivity (Wildman–Crippen MR) is 105 cm³/mol. The summed E-state index contributed by atoms with van der Waals surface area (Å²) in [6, 6.07) is 0.902. The number of pyridine rings is 1. The molecule has 2 N–H and O–H groups in total. The summed E-state index contributed by atoms with van der Waals surface area (Å²) in [5.41, 5.74) is -2.23. The van der Waals surface area contributed by atoms with E-state index < -0.39 is 58.1 Å². The molecular formula is C22H20F3N3O4. The molecular weight excluding hydrogens is 427 g/mol. The van der Waals surface area contributed by atoms with Crippen LogP contribution in [0.2, 0.25) is 0 Å². The van der Waals surface area contributed by atoms with E-state index in [1.54, 1.807) is 4.90 Å². The molecule has 0 bridgehead atoms. The Morgan fingerprint density at radius 3 is 2.44 bits per heavy atom. The zero-order valence-corrected chi connectivity index (χ0v) is 17.1. The molecule has 10 heteroatoms. The van der Waals surface area contributed by atoms with E-state index in [9.17, 15) is 32.7 Å². The number of nitrogens with zero attached hydrogens (tertiary/aromatic N) is 2. The van der Waals surface area contributed by atoms with Crippen LogP contribution in [-0.2, 0) is 13.1 Å². The Balaban J connectivity index is 1.41. The molecule has 2 fully saturated rings. The highest BCUT2D eigenvalue weighted by molar-refractivity contribution is 5.99. The predicted octanol–water partition coefficient (Wildman–Crippen LogP) is 2.01. The molecule has 1 saturated carbocycles. The van der Waals surface area contributed by atoms with Crippen LogP contribution in [0.1, 0.15) is 39.8 Å². The first-order valence-corrected chi connectivity index (χ1v) is 10.4. The van der Waals surface area contributed by atoms with Crippen LogP contribution in [0, 0.1) is 35.2 Å². The van der Waals surface area contributed by atoms with Gasteiger partial charge in [0.05, 0.1) is 6.04 Å². The number of carbonyl (C=O) groups is 2. The van der Waals surface area contributed by atoms with E-state index in [2.05, 4.69) is 12.2 Å². The molecule has 32 heavy (non-hydrogen) atoms. The van der Waals surface area contributed by atoms with Crippen molar-refractivity contribution in [2.75, 3.05) is 6.54 Å². The van der Waals surface area contributed by atoms with Gasteiger partial charge < -0.3 is 19.9 Å². The third-order valence-electron chi connectivity index (χ3n) is 6.90. The lowest BCUT2D eigenvalue weighted by Gasteiger charge is -2.52. The summed E-state index contributed by atoms with van der Waals surface area (Å²) in [7, 11) is 0. The van der Waals surface area contributed by atoms with E-state index in [1.807, 2.05) is 0 Å². The first kappa shape index (κ1) is 20.6. The third-order valence-corrected chi connectivity index (χ3v) is 6.90. The minimum absolute atomic E-state index is 0.0647. The van der Waals surface area contributed by atoms with Gasteiger partial charge in [-0.2, -0.15) is 0 Å². The summed E-state index contributed by atoms with van der Waals surface area (Å²) in [5.74, 6) is -4.22. The van der Waals surface area contributed by atoms with Gasteiger partial charge in [0.15, 0.2) is 11.4 Å². The SMILES string of the molecule is CC1CC1C1CN2C(=O)c3c(O)c(=O)c(C(=O)NCc4c(F)cc(F)cc4F)cn3CC12. The zero-order valence-electron chi connectivity index (χ0n) is 17.1. The van der Waals surface area contributed by atoms with Crippen molar-refractivity contribution in [3.63, 3.8) is 0 Å². The van der Waals surface area contributed by atoms with E-state index in [0.717, 1.165) is 6.42 Å². The Labute approximate surface area is 180 Å². The van der Waals surface area contributed by atoms with Crippen LogP contribution in [0.5, 0.6) is 5.75 Å². The van der Waals surface area contributed by atoms with Gasteiger partial charge in [0.25, 0.3) is 11.8 Å². The fourth-order valence-electron chi connectivity index (χ4n) is 4.94. The van der Waals surface area contributed by atoms with Gasteiger partial charge in [0.1, 0.15) is 23.0 Å². The number of aromatic nitrogens is 1. The van der Waals surface area contributed by atoms with Crippen molar-refractivity contribution < 1.29 is 27.9 Å². The monoisotopic (exact) mass is 447 g/mol. The number of rotatable bonds is 4. The second kappa shape index (κ2) is 7.11. The first-order chi connectivity index (χ1) is 15.2. The topological polar surface area (TPSA) is 91.6 Å². The molecule has 1 aromatic carbocycles. The Morgan fingerprint density at radius 2 is 1.81 bits per heavy atom. The number of amides is 2. The molecule has 3 aliphatic rings. The lowest BCUT2D eigenvalue weighted by atomic mass is 9.81. The van der Waals surface area contributed by atoms with Gasteiger partial charge in [-0.3, -0.25) is 14.4 Å². The van der Waals surface area contributed by atoms with Crippen molar-refractivity contribution in [2.45, 2.75) is 32.5 Å². The fraction of sp³-hybridized carbons (Fsp3) is 0.409. The van der Waals surface area contributed by atoms with Crippen LogP contribution in [-0.4, -0.2) is 39.0 Å². The number of fused-ring (bicyclic) bond motifs is 2. The van der Waals surface area contributed by atoms with Gasteiger partial charge in [0, 0.05) is 49.4 Å². The quantitative estimate of drug-likeness (QED) is 0.750. The number of hydrogen-bond donors (Lipinski definition) is 2. The van der Waals surface area contributed by atoms with Crippen molar-refractivity contribution in [3.05, 3.63) is 62.8 Å². The minimum atomic E-state index is -1.18. The normalized spacial score (nSPS) is 25.6. The molecule has 2 aromatic rings. The maximum absolute atomic E-state index is 13.8. The second-order valence-corrected chi connectivity index (χ2v) is 8.82. The molecule has 2 aliphatic heterocycles. The van der Waals surface area contributed by atoms with Crippen LogP contribution in [0.4, 0.5) is 13.2 Å². The molecule has 5 rings (SSSR count). The molecule has 2 amide bonds. The standard InChI is InChI=1S/C22H20F3N3O4/c1-9-2-11(9)13-7-28-17(13)8-27-6-14(19(29)20(30)18(27)22(28)32)21(31)26-5-12-15(24)3-10(23)4-16(12)25/h3-4,6,9,11,13,17,30H,2,5,7-8H2,1H3,(H,26,31). The first-order valence-electron chi connectivity index (χ1n) is 10.4. The molecule has 0 radical (unpaired) electrons. The third kappa shape index (κ3) is 3.08. The van der Waals surface area contributed by atoms with Gasteiger partial charge in [-0.1, -0.05) is 6.92 Å². The molecule has 4 unspecified atom stereocenters. The van der Waals surface area contributed by atoms with Gasteiger partial charge in [-0.05, 0) is 18.3 Å². The van der Waals surface area contributed by atoms with Crippen LogP contribution < -0.4 is 10.7 Å². The number of carbonyl (C=O) groups excluding carboxylic acids is 2. The lowest BCUT2D eigenvalue weighted by molar-refractivity contribution is -0.0122. The number of benzene rings is 1. The van der Waals surface area contributed by atoms with E-state index in [-0.39, 0.29) is 11.7 Å². The van der Waals surface area contributed by atoms with Crippen LogP contribution >= 0.6 is 0 Å². The Bertz CT molecular complexity index is 1200. The Morgan fingerprint density at radius 1 is 1.16 bits per heavy atom. The number of hydrogen-bond acceptors (Lipinski definition) is 4. The van der Waals surface area contributed by atoms with Crippen LogP contribution in [0.15, 0.2) is 23.1 Å². The van der Waals surface area contributed by atoms with Crippen molar-refractivity contribution in [1.82, 2.24) is 14.8 Å². The molecule has 168 valence electrons. The lowest BCUT2D eigenvalue weighted by Crippen LogP contribution is -2.64. The van der Waals surface area contributed by atoms with Gasteiger partial charge in [-0.25, -0.2) is 13.2 Å². The second-order valence-electron chi connectivity index (χ2n) is 8.82. The van der Waals surface area contributed by atoms with Crippen molar-refractivity contribution in [2.24, 2.45) is 17.8 Å². The zero-order chi connectivity index (χ0) is 22.9. The fourth-order valence-corrected chi connectivity index (χ4v) is 4.94. The summed E-state index contributed by atoms with van der Waals surface area (Å²) < 4.78 is 42.1. The van der Waals surface area contributed by atoms with E-state index in [0.29, 0.717) is 43.0 Å². The van der Waals surface area contributed by atoms with Gasteiger partial charge in [-0.15, -0.1) is 0 Å². The molecule has 3 heterocycles. The van der Waals surface area contributed by atoms with E-state index in [4.69, 9.17) is 0 Å². The molecule has 0 spiro atoms. The van der Waals surface area contributed by atoms with E-state index in [1.165, 1.54) is 10.8 Å². The Kier molecular flexibility index (Phi) is 4.58. The number of halogens is 3. The maximum Gasteiger partial charge on any atom is 0.274 e. The minimum Gasteiger partial charge on any atom is -0.503 e. The molecule has 7 nitrogen and oxygen atoms in total. The van der Waals surface area contributed by atoms with Gasteiger partial charge in [0.2, 0.25) is 5.43 Å². The molecule has 4 atom stereocenters. The van der Waals surface area contributed by atoms with Crippen LogP contribution in [0.3, 0.4) is 0 Å². The Hall–Kier alpha value is -3.30. The number of aromatic hydroxyl groups is 1. The summed E-state index contributed by atoms with van der Waals surface area (Å²) in [6.07, 6.45) is 2.31. The summed E-state index contributed by atoms with van der Waals surface area (Å²) in [5, 5.41) is 12.6. The molecule has 1 saturated heterocycles. The smallest absolute Gasteiger partial charge is 0.274 e. The summed E-state index contributed by atoms with van der Waals surface area (Å²) >= 11 is 0. The molecule has 1 aliphatic carbocycles. The van der Waals surface area contributed by atoms with Crippen LogP contribution in [0.25, 0.3) is 0 Å². The van der Waals surface area contributed by atoms with E-state index >= 15 is 0 Å². The van der Waals surface area contributed by atoms with Crippen molar-refractivity contribution in [1.29, 1.82) is 0 Å². The highest BCUT2D eigenvalue weighted by atomic mass is 19.1. The van der Waals surface area contributed by atoms with Crippen molar-refractivity contribution in [3.8, 4) is 5.75 Å². The highest BCUT2D eigenvalue weighted by Gasteiger charge is 2.54. The summed E-state index contributed by atoms with van der Waals surface area (Å²) in [4.78, 5) is 39.6.